The average Bonchev–Trinajstić information content (AvgIpc) is 2.59. The quantitative estimate of drug-likeness (QED) is 0.752. The highest BCUT2D eigenvalue weighted by molar-refractivity contribution is 5.87. The van der Waals surface area contributed by atoms with Crippen molar-refractivity contribution in [3.63, 3.8) is 0 Å². The molecule has 1 aromatic carbocycles. The van der Waals surface area contributed by atoms with Gasteiger partial charge in [0.25, 0.3) is 0 Å². The smallest absolute Gasteiger partial charge is 0.335 e. The maximum absolute atomic E-state index is 10.8. The third-order valence-corrected chi connectivity index (χ3v) is 4.63. The number of benzene rings is 1. The molecule has 0 aromatic heterocycles. The highest BCUT2D eigenvalue weighted by Gasteiger charge is 2.14. The van der Waals surface area contributed by atoms with Gasteiger partial charge in [0, 0.05) is 25.7 Å². The lowest BCUT2D eigenvalue weighted by Crippen LogP contribution is -2.42. The zero-order chi connectivity index (χ0) is 17.4. The van der Waals surface area contributed by atoms with Crippen LogP contribution in [0.25, 0.3) is 0 Å². The van der Waals surface area contributed by atoms with Crippen molar-refractivity contribution in [2.24, 2.45) is 0 Å². The Morgan fingerprint density at radius 1 is 1.17 bits per heavy atom. The topological polar surface area (TPSA) is 53.0 Å². The van der Waals surface area contributed by atoms with Crippen molar-refractivity contribution in [2.45, 2.75) is 39.2 Å². The van der Waals surface area contributed by atoms with Gasteiger partial charge in [-0.3, -0.25) is 4.90 Å². The lowest BCUT2D eigenvalue weighted by molar-refractivity contribution is 0.0697. The SMILES string of the molecule is CC(C)N(CCOc1ccc(C(=O)O)cc1)CCN1CCCCC1. The minimum absolute atomic E-state index is 0.285. The Bertz CT molecular complexity index is 496. The number of piperidine rings is 1. The molecule has 0 unspecified atom stereocenters. The number of carboxylic acid groups (broad SMARTS) is 1. The summed E-state index contributed by atoms with van der Waals surface area (Å²) < 4.78 is 5.76. The number of likely N-dealkylation sites (tertiary alicyclic amines) is 1. The lowest BCUT2D eigenvalue weighted by atomic mass is 10.1. The van der Waals surface area contributed by atoms with Crippen molar-refractivity contribution in [1.82, 2.24) is 9.80 Å². The fourth-order valence-corrected chi connectivity index (χ4v) is 3.06. The van der Waals surface area contributed by atoms with E-state index in [2.05, 4.69) is 23.6 Å². The van der Waals surface area contributed by atoms with E-state index >= 15 is 0 Å². The van der Waals surface area contributed by atoms with Crippen LogP contribution in [0, 0.1) is 0 Å². The number of carboxylic acids is 1. The van der Waals surface area contributed by atoms with Gasteiger partial charge in [0.15, 0.2) is 0 Å². The zero-order valence-electron chi connectivity index (χ0n) is 14.9. The number of carbonyl (C=O) groups is 1. The van der Waals surface area contributed by atoms with Gasteiger partial charge in [-0.05, 0) is 64.0 Å². The highest BCUT2D eigenvalue weighted by Crippen LogP contribution is 2.13. The van der Waals surface area contributed by atoms with Crippen molar-refractivity contribution >= 4 is 5.97 Å². The van der Waals surface area contributed by atoms with E-state index in [9.17, 15) is 4.79 Å². The summed E-state index contributed by atoms with van der Waals surface area (Å²) in [5.41, 5.74) is 0.285. The molecule has 1 aliphatic heterocycles. The van der Waals surface area contributed by atoms with Crippen LogP contribution in [-0.4, -0.2) is 66.2 Å². The first-order valence-corrected chi connectivity index (χ1v) is 8.99. The Hall–Kier alpha value is -1.59. The summed E-state index contributed by atoms with van der Waals surface area (Å²) in [5.74, 6) is -0.190. The zero-order valence-corrected chi connectivity index (χ0v) is 14.9. The lowest BCUT2D eigenvalue weighted by Gasteiger charge is -2.31. The van der Waals surface area contributed by atoms with Gasteiger partial charge in [-0.15, -0.1) is 0 Å². The molecule has 1 N–H and O–H groups in total. The summed E-state index contributed by atoms with van der Waals surface area (Å²) in [6.07, 6.45) is 4.03. The Morgan fingerprint density at radius 2 is 1.83 bits per heavy atom. The van der Waals surface area contributed by atoms with Crippen LogP contribution in [0.15, 0.2) is 24.3 Å². The van der Waals surface area contributed by atoms with Crippen molar-refractivity contribution in [3.8, 4) is 5.75 Å². The van der Waals surface area contributed by atoms with Crippen LogP contribution in [0.4, 0.5) is 0 Å². The molecule has 1 saturated heterocycles. The molecule has 1 fully saturated rings. The minimum atomic E-state index is -0.912. The first kappa shape index (κ1) is 18.7. The second kappa shape index (κ2) is 9.64. The van der Waals surface area contributed by atoms with E-state index in [1.54, 1.807) is 24.3 Å². The van der Waals surface area contributed by atoms with Gasteiger partial charge < -0.3 is 14.7 Å². The Labute approximate surface area is 145 Å². The molecule has 1 heterocycles. The summed E-state index contributed by atoms with van der Waals surface area (Å²) in [6.45, 7) is 10.6. The van der Waals surface area contributed by atoms with E-state index in [0.29, 0.717) is 12.6 Å². The molecule has 2 rings (SSSR count). The number of ether oxygens (including phenoxy) is 1. The van der Waals surface area contributed by atoms with Crippen molar-refractivity contribution in [2.75, 3.05) is 39.3 Å². The van der Waals surface area contributed by atoms with Gasteiger partial charge in [-0.1, -0.05) is 6.42 Å². The second-order valence-corrected chi connectivity index (χ2v) is 6.71. The van der Waals surface area contributed by atoms with Crippen molar-refractivity contribution in [3.05, 3.63) is 29.8 Å². The van der Waals surface area contributed by atoms with Crippen LogP contribution in [0.1, 0.15) is 43.5 Å². The fourth-order valence-electron chi connectivity index (χ4n) is 3.06. The molecule has 0 spiro atoms. The molecule has 0 aliphatic carbocycles. The summed E-state index contributed by atoms with van der Waals surface area (Å²) in [5, 5.41) is 8.90. The number of hydrogen-bond acceptors (Lipinski definition) is 4. The van der Waals surface area contributed by atoms with E-state index in [4.69, 9.17) is 9.84 Å². The predicted octanol–water partition coefficient (Wildman–Crippen LogP) is 2.96. The maximum atomic E-state index is 10.8. The maximum Gasteiger partial charge on any atom is 0.335 e. The molecule has 1 aromatic rings. The number of aromatic carboxylic acids is 1. The average molecular weight is 334 g/mol. The molecule has 0 amide bonds. The monoisotopic (exact) mass is 334 g/mol. The van der Waals surface area contributed by atoms with E-state index in [0.717, 1.165) is 25.4 Å². The largest absolute Gasteiger partial charge is 0.492 e. The highest BCUT2D eigenvalue weighted by atomic mass is 16.5. The van der Waals surface area contributed by atoms with E-state index in [1.807, 2.05) is 0 Å². The molecule has 0 bridgehead atoms. The summed E-state index contributed by atoms with van der Waals surface area (Å²) in [4.78, 5) is 15.8. The van der Waals surface area contributed by atoms with Crippen molar-refractivity contribution < 1.29 is 14.6 Å². The summed E-state index contributed by atoms with van der Waals surface area (Å²) in [6, 6.07) is 7.09. The number of rotatable bonds is 9. The van der Waals surface area contributed by atoms with Crippen LogP contribution in [-0.2, 0) is 0 Å². The number of hydrogen-bond donors (Lipinski definition) is 1. The molecule has 0 saturated carbocycles. The van der Waals surface area contributed by atoms with Crippen LogP contribution >= 0.6 is 0 Å². The second-order valence-electron chi connectivity index (χ2n) is 6.71. The third-order valence-electron chi connectivity index (χ3n) is 4.63. The van der Waals surface area contributed by atoms with Crippen LogP contribution in [0.3, 0.4) is 0 Å². The predicted molar refractivity (Wildman–Crippen MR) is 95.9 cm³/mol. The van der Waals surface area contributed by atoms with Gasteiger partial charge >= 0.3 is 5.97 Å². The molecular weight excluding hydrogens is 304 g/mol. The molecule has 134 valence electrons. The first-order valence-electron chi connectivity index (χ1n) is 8.99. The molecule has 0 atom stereocenters. The standard InChI is InChI=1S/C19H30N2O3/c1-16(2)21(13-12-20-10-4-3-5-11-20)14-15-24-18-8-6-17(7-9-18)19(22)23/h6-9,16H,3-5,10-15H2,1-2H3,(H,22,23). The van der Waals surface area contributed by atoms with Gasteiger partial charge in [-0.25, -0.2) is 4.79 Å². The molecule has 5 nitrogen and oxygen atoms in total. The van der Waals surface area contributed by atoms with Crippen LogP contribution in [0.2, 0.25) is 0 Å². The Morgan fingerprint density at radius 3 is 2.42 bits per heavy atom. The summed E-state index contributed by atoms with van der Waals surface area (Å²) >= 11 is 0. The van der Waals surface area contributed by atoms with Crippen molar-refractivity contribution in [1.29, 1.82) is 0 Å². The van der Waals surface area contributed by atoms with Gasteiger partial charge in [0.1, 0.15) is 12.4 Å². The molecule has 24 heavy (non-hydrogen) atoms. The molecular formula is C19H30N2O3. The fraction of sp³-hybridized carbons (Fsp3) is 0.632. The van der Waals surface area contributed by atoms with Crippen LogP contribution in [0.5, 0.6) is 5.75 Å². The summed E-state index contributed by atoms with van der Waals surface area (Å²) in [7, 11) is 0. The third kappa shape index (κ3) is 6.13. The first-order chi connectivity index (χ1) is 11.6. The van der Waals surface area contributed by atoms with E-state index in [1.165, 1.54) is 32.4 Å². The van der Waals surface area contributed by atoms with Crippen LogP contribution < -0.4 is 4.74 Å². The van der Waals surface area contributed by atoms with Gasteiger partial charge in [0.2, 0.25) is 0 Å². The molecule has 0 radical (unpaired) electrons. The minimum Gasteiger partial charge on any atom is -0.492 e. The number of nitrogens with zero attached hydrogens (tertiary/aromatic N) is 2. The Balaban J connectivity index is 1.73. The molecule has 5 heteroatoms. The normalized spacial score (nSPS) is 15.8. The molecule has 1 aliphatic rings. The van der Waals surface area contributed by atoms with Gasteiger partial charge in [0.05, 0.1) is 5.56 Å². The Kier molecular flexibility index (Phi) is 7.53. The van der Waals surface area contributed by atoms with E-state index in [-0.39, 0.29) is 5.56 Å². The van der Waals surface area contributed by atoms with E-state index < -0.39 is 5.97 Å². The van der Waals surface area contributed by atoms with Gasteiger partial charge in [-0.2, -0.15) is 0 Å².